The molecule has 0 aromatic rings. The zero-order chi connectivity index (χ0) is 12.4. The number of aliphatic hydroxyl groups is 2. The van der Waals surface area contributed by atoms with E-state index in [9.17, 15) is 10.2 Å². The molecule has 0 saturated carbocycles. The number of rotatable bonds is 10. The van der Waals surface area contributed by atoms with Gasteiger partial charge in [-0.3, -0.25) is 4.90 Å². The Morgan fingerprint density at radius 3 is 2.12 bits per heavy atom. The lowest BCUT2D eigenvalue weighted by atomic mass is 10.3. The molecule has 0 heterocycles. The highest BCUT2D eigenvalue weighted by atomic mass is 16.5. The summed E-state index contributed by atoms with van der Waals surface area (Å²) in [6.07, 6.45) is 4.41. The van der Waals surface area contributed by atoms with Gasteiger partial charge in [0.2, 0.25) is 5.91 Å². The summed E-state index contributed by atoms with van der Waals surface area (Å²) in [5.74, 6) is -1.69. The molecule has 0 amide bonds. The summed E-state index contributed by atoms with van der Waals surface area (Å²) in [5, 5.41) is 22.4. The molecule has 0 fully saturated rings. The summed E-state index contributed by atoms with van der Waals surface area (Å²) in [7, 11) is 0. The molecule has 0 saturated heterocycles. The van der Waals surface area contributed by atoms with E-state index >= 15 is 0 Å². The van der Waals surface area contributed by atoms with Crippen molar-refractivity contribution in [2.24, 2.45) is 0 Å². The number of hydrogen-bond donors (Lipinski definition) is 3. The normalized spacial score (nSPS) is 12.4. The molecule has 0 aromatic heterocycles. The highest BCUT2D eigenvalue weighted by Crippen LogP contribution is 2.07. The van der Waals surface area contributed by atoms with Gasteiger partial charge in [-0.25, -0.2) is 0 Å². The minimum absolute atomic E-state index is 0.674. The molecule has 0 bridgehead atoms. The van der Waals surface area contributed by atoms with Crippen LogP contribution in [0.4, 0.5) is 0 Å². The molecule has 0 aliphatic carbocycles. The second-order valence-corrected chi connectivity index (χ2v) is 4.41. The van der Waals surface area contributed by atoms with Gasteiger partial charge in [-0.1, -0.05) is 26.7 Å². The van der Waals surface area contributed by atoms with E-state index in [4.69, 9.17) is 0 Å². The Labute approximate surface area is 99.7 Å². The fourth-order valence-corrected chi connectivity index (χ4v) is 1.53. The molecule has 4 heteroatoms. The minimum atomic E-state index is -1.69. The topological polar surface area (TPSA) is 55.7 Å². The number of nitrogens with one attached hydrogen (secondary N) is 1. The van der Waals surface area contributed by atoms with Gasteiger partial charge in [-0.2, -0.15) is 0 Å². The average Bonchev–Trinajstić information content (AvgIpc) is 2.20. The molecule has 0 radical (unpaired) electrons. The van der Waals surface area contributed by atoms with Crippen molar-refractivity contribution in [1.29, 1.82) is 0 Å². The molecule has 4 nitrogen and oxygen atoms in total. The van der Waals surface area contributed by atoms with E-state index in [0.29, 0.717) is 6.54 Å². The van der Waals surface area contributed by atoms with Gasteiger partial charge >= 0.3 is 0 Å². The van der Waals surface area contributed by atoms with Crippen LogP contribution in [0, 0.1) is 0 Å². The maximum Gasteiger partial charge on any atom is 0.221 e. The molecule has 0 unspecified atom stereocenters. The molecule has 0 rings (SSSR count). The van der Waals surface area contributed by atoms with Crippen LogP contribution >= 0.6 is 0 Å². The maximum atomic E-state index is 9.56. The standard InChI is InChI=1S/C12H28N2O2/c1-4-6-8-13-9-11-14(10-7-5-2)12(3,15)16/h13,15-16H,4-11H2,1-3H3. The molecule has 0 aliphatic rings. The predicted octanol–water partition coefficient (Wildman–Crippen LogP) is 1.14. The first-order valence-corrected chi connectivity index (χ1v) is 6.42. The van der Waals surface area contributed by atoms with Gasteiger partial charge in [-0.05, 0) is 19.4 Å². The Morgan fingerprint density at radius 1 is 1.00 bits per heavy atom. The van der Waals surface area contributed by atoms with Crippen LogP contribution < -0.4 is 5.32 Å². The van der Waals surface area contributed by atoms with Crippen LogP contribution in [0.15, 0.2) is 0 Å². The van der Waals surface area contributed by atoms with Crippen LogP contribution in [0.25, 0.3) is 0 Å². The first-order chi connectivity index (χ1) is 7.52. The lowest BCUT2D eigenvalue weighted by Crippen LogP contribution is -2.49. The van der Waals surface area contributed by atoms with Crippen LogP contribution in [-0.2, 0) is 0 Å². The zero-order valence-corrected chi connectivity index (χ0v) is 11.0. The van der Waals surface area contributed by atoms with E-state index in [1.807, 2.05) is 0 Å². The molecule has 0 aliphatic heterocycles. The van der Waals surface area contributed by atoms with E-state index in [0.717, 1.165) is 32.5 Å². The number of unbranched alkanes of at least 4 members (excludes halogenated alkanes) is 2. The Morgan fingerprint density at radius 2 is 1.62 bits per heavy atom. The monoisotopic (exact) mass is 232 g/mol. The van der Waals surface area contributed by atoms with Gasteiger partial charge in [0.15, 0.2) is 0 Å². The second kappa shape index (κ2) is 8.93. The second-order valence-electron chi connectivity index (χ2n) is 4.41. The maximum absolute atomic E-state index is 9.56. The van der Waals surface area contributed by atoms with Gasteiger partial charge in [0.25, 0.3) is 0 Å². The fourth-order valence-electron chi connectivity index (χ4n) is 1.53. The molecular formula is C12H28N2O2. The first-order valence-electron chi connectivity index (χ1n) is 6.42. The fraction of sp³-hybridized carbons (Fsp3) is 1.00. The quantitative estimate of drug-likeness (QED) is 0.390. The van der Waals surface area contributed by atoms with Crippen LogP contribution in [0.2, 0.25) is 0 Å². The van der Waals surface area contributed by atoms with Crippen molar-refractivity contribution in [3.05, 3.63) is 0 Å². The SMILES string of the molecule is CCCCNCCN(CCCC)C(C)(O)O. The predicted molar refractivity (Wildman–Crippen MR) is 67.1 cm³/mol. The third kappa shape index (κ3) is 8.05. The van der Waals surface area contributed by atoms with Crippen molar-refractivity contribution in [3.8, 4) is 0 Å². The summed E-state index contributed by atoms with van der Waals surface area (Å²) in [5.41, 5.74) is 0. The summed E-state index contributed by atoms with van der Waals surface area (Å²) in [6.45, 7) is 8.90. The smallest absolute Gasteiger partial charge is 0.221 e. The lowest BCUT2D eigenvalue weighted by Gasteiger charge is -2.32. The van der Waals surface area contributed by atoms with Crippen molar-refractivity contribution in [3.63, 3.8) is 0 Å². The minimum Gasteiger partial charge on any atom is -0.353 e. The van der Waals surface area contributed by atoms with E-state index in [1.165, 1.54) is 19.8 Å². The lowest BCUT2D eigenvalue weighted by molar-refractivity contribution is -0.250. The van der Waals surface area contributed by atoms with Gasteiger partial charge in [0.05, 0.1) is 0 Å². The Kier molecular flexibility index (Phi) is 8.84. The average molecular weight is 232 g/mol. The van der Waals surface area contributed by atoms with Crippen molar-refractivity contribution < 1.29 is 10.2 Å². The molecule has 0 aromatic carbocycles. The van der Waals surface area contributed by atoms with E-state index < -0.39 is 5.91 Å². The Bertz CT molecular complexity index is 158. The highest BCUT2D eigenvalue weighted by Gasteiger charge is 2.24. The molecule has 0 spiro atoms. The highest BCUT2D eigenvalue weighted by molar-refractivity contribution is 4.65. The number of nitrogens with zero attached hydrogens (tertiary/aromatic N) is 1. The van der Waals surface area contributed by atoms with Crippen LogP contribution in [0.1, 0.15) is 46.5 Å². The van der Waals surface area contributed by atoms with Crippen LogP contribution in [0.5, 0.6) is 0 Å². The summed E-state index contributed by atoms with van der Waals surface area (Å²) < 4.78 is 0. The van der Waals surface area contributed by atoms with E-state index in [-0.39, 0.29) is 0 Å². The Hall–Kier alpha value is -0.160. The Balaban J connectivity index is 3.75. The number of hydrogen-bond acceptors (Lipinski definition) is 4. The van der Waals surface area contributed by atoms with Crippen LogP contribution in [-0.4, -0.2) is 47.2 Å². The largest absolute Gasteiger partial charge is 0.353 e. The van der Waals surface area contributed by atoms with Gasteiger partial charge in [-0.15, -0.1) is 0 Å². The van der Waals surface area contributed by atoms with Crippen molar-refractivity contribution in [1.82, 2.24) is 10.2 Å². The van der Waals surface area contributed by atoms with Gasteiger partial charge in [0, 0.05) is 26.6 Å². The van der Waals surface area contributed by atoms with Crippen LogP contribution in [0.3, 0.4) is 0 Å². The van der Waals surface area contributed by atoms with Crippen molar-refractivity contribution in [2.45, 2.75) is 52.4 Å². The summed E-state index contributed by atoms with van der Waals surface area (Å²) >= 11 is 0. The molecular weight excluding hydrogens is 204 g/mol. The summed E-state index contributed by atoms with van der Waals surface area (Å²) in [6, 6.07) is 0. The molecule has 3 N–H and O–H groups in total. The zero-order valence-electron chi connectivity index (χ0n) is 11.0. The van der Waals surface area contributed by atoms with Crippen molar-refractivity contribution >= 4 is 0 Å². The third-order valence-corrected chi connectivity index (χ3v) is 2.65. The van der Waals surface area contributed by atoms with Gasteiger partial charge in [0.1, 0.15) is 0 Å². The van der Waals surface area contributed by atoms with Gasteiger partial charge < -0.3 is 15.5 Å². The first kappa shape index (κ1) is 15.8. The van der Waals surface area contributed by atoms with Crippen molar-refractivity contribution in [2.75, 3.05) is 26.2 Å². The molecule has 16 heavy (non-hydrogen) atoms. The molecule has 0 atom stereocenters. The molecule has 98 valence electrons. The van der Waals surface area contributed by atoms with E-state index in [1.54, 1.807) is 4.90 Å². The van der Waals surface area contributed by atoms with E-state index in [2.05, 4.69) is 19.2 Å². The third-order valence-electron chi connectivity index (χ3n) is 2.65. The summed E-state index contributed by atoms with van der Waals surface area (Å²) in [4.78, 5) is 1.70.